The first-order chi connectivity index (χ1) is 6.25. The second-order valence-electron chi connectivity index (χ2n) is 3.21. The Morgan fingerprint density at radius 2 is 2.54 bits per heavy atom. The third-order valence-electron chi connectivity index (χ3n) is 2.23. The molecule has 1 aromatic rings. The van der Waals surface area contributed by atoms with Crippen molar-refractivity contribution in [2.45, 2.75) is 18.9 Å². The predicted octanol–water partition coefficient (Wildman–Crippen LogP) is 1.41. The lowest BCUT2D eigenvalue weighted by atomic mass is 10.0. The fraction of sp³-hybridized carbons (Fsp3) is 0.444. The van der Waals surface area contributed by atoms with Crippen molar-refractivity contribution in [1.29, 1.82) is 0 Å². The van der Waals surface area contributed by atoms with E-state index in [0.717, 1.165) is 11.4 Å². The third-order valence-corrected chi connectivity index (χ3v) is 3.18. The highest BCUT2D eigenvalue weighted by molar-refractivity contribution is 7.10. The van der Waals surface area contributed by atoms with E-state index in [0.29, 0.717) is 6.04 Å². The smallest absolute Gasteiger partial charge is 0.308 e. The number of nitrogens with one attached hydrogen (secondary N) is 1. The molecule has 0 bridgehead atoms. The number of hydrogen-bond donors (Lipinski definition) is 2. The zero-order valence-electron chi connectivity index (χ0n) is 7.12. The van der Waals surface area contributed by atoms with E-state index < -0.39 is 5.97 Å². The Morgan fingerprint density at radius 1 is 1.77 bits per heavy atom. The predicted molar refractivity (Wildman–Crippen MR) is 51.0 cm³/mol. The van der Waals surface area contributed by atoms with Crippen LogP contribution < -0.4 is 5.32 Å². The third kappa shape index (κ3) is 1.89. The van der Waals surface area contributed by atoms with Gasteiger partial charge >= 0.3 is 5.97 Å². The van der Waals surface area contributed by atoms with E-state index in [9.17, 15) is 4.79 Å². The highest BCUT2D eigenvalue weighted by Crippen LogP contribution is 2.27. The molecule has 70 valence electrons. The number of carbonyl (C=O) groups is 1. The quantitative estimate of drug-likeness (QED) is 0.770. The average Bonchev–Trinajstić information content (AvgIpc) is 2.31. The fourth-order valence-corrected chi connectivity index (χ4v) is 2.33. The number of aliphatic carboxylic acids is 1. The van der Waals surface area contributed by atoms with Crippen LogP contribution in [0, 0.1) is 0 Å². The summed E-state index contributed by atoms with van der Waals surface area (Å²) in [6.45, 7) is 1.08. The topological polar surface area (TPSA) is 49.3 Å². The van der Waals surface area contributed by atoms with Crippen molar-refractivity contribution in [3.05, 3.63) is 21.9 Å². The number of carboxylic acids is 1. The molecule has 1 aliphatic heterocycles. The fourth-order valence-electron chi connectivity index (χ4n) is 1.40. The molecule has 0 saturated carbocycles. The lowest BCUT2D eigenvalue weighted by Crippen LogP contribution is -2.34. The second-order valence-corrected chi connectivity index (χ2v) is 4.21. The molecule has 0 aliphatic carbocycles. The number of rotatable bonds is 3. The molecule has 0 radical (unpaired) electrons. The molecule has 0 amide bonds. The molecule has 1 saturated heterocycles. The molecule has 1 unspecified atom stereocenters. The minimum absolute atomic E-state index is 0.150. The molecular weight excluding hydrogens is 186 g/mol. The van der Waals surface area contributed by atoms with Gasteiger partial charge in [0, 0.05) is 10.9 Å². The van der Waals surface area contributed by atoms with Gasteiger partial charge in [0.05, 0.1) is 6.42 Å². The van der Waals surface area contributed by atoms with Crippen molar-refractivity contribution in [3.63, 3.8) is 0 Å². The van der Waals surface area contributed by atoms with Gasteiger partial charge in [-0.15, -0.1) is 11.3 Å². The van der Waals surface area contributed by atoms with Crippen LogP contribution in [0.15, 0.2) is 11.4 Å². The molecule has 1 fully saturated rings. The summed E-state index contributed by atoms with van der Waals surface area (Å²) in [5.74, 6) is -0.755. The van der Waals surface area contributed by atoms with E-state index in [2.05, 4.69) is 10.7 Å². The maximum absolute atomic E-state index is 10.4. The summed E-state index contributed by atoms with van der Waals surface area (Å²) in [5.41, 5.74) is 1.24. The Balaban J connectivity index is 2.04. The molecular formula is C9H11NO2S. The van der Waals surface area contributed by atoms with Crippen molar-refractivity contribution in [2.75, 3.05) is 6.54 Å². The Kier molecular flexibility index (Phi) is 2.33. The highest BCUT2D eigenvalue weighted by Gasteiger charge is 2.19. The van der Waals surface area contributed by atoms with Crippen molar-refractivity contribution in [1.82, 2.24) is 5.32 Å². The largest absolute Gasteiger partial charge is 0.481 e. The van der Waals surface area contributed by atoms with E-state index in [4.69, 9.17) is 5.11 Å². The van der Waals surface area contributed by atoms with Crippen LogP contribution in [0.2, 0.25) is 0 Å². The minimum atomic E-state index is -0.755. The Hall–Kier alpha value is -0.870. The lowest BCUT2D eigenvalue weighted by Gasteiger charge is -2.26. The molecule has 3 nitrogen and oxygen atoms in total. The minimum Gasteiger partial charge on any atom is -0.481 e. The van der Waals surface area contributed by atoms with Gasteiger partial charge in [0.15, 0.2) is 0 Å². The first-order valence-electron chi connectivity index (χ1n) is 4.28. The van der Waals surface area contributed by atoms with Gasteiger partial charge in [-0.2, -0.15) is 0 Å². The highest BCUT2D eigenvalue weighted by atomic mass is 32.1. The van der Waals surface area contributed by atoms with E-state index in [-0.39, 0.29) is 6.42 Å². The summed E-state index contributed by atoms with van der Waals surface area (Å²) in [5, 5.41) is 13.9. The molecule has 0 spiro atoms. The lowest BCUT2D eigenvalue weighted by molar-refractivity contribution is -0.136. The standard InChI is InChI=1S/C9H11NO2S/c11-9(12)4-7-3-6(5-13-7)8-1-2-10-8/h3,5,8,10H,1-2,4H2,(H,11,12). The number of carboxylic acid groups (broad SMARTS) is 1. The molecule has 1 aliphatic rings. The van der Waals surface area contributed by atoms with Crippen molar-refractivity contribution < 1.29 is 9.90 Å². The zero-order chi connectivity index (χ0) is 9.26. The second kappa shape index (κ2) is 3.47. The van der Waals surface area contributed by atoms with Crippen molar-refractivity contribution in [2.24, 2.45) is 0 Å². The van der Waals surface area contributed by atoms with Gasteiger partial charge in [-0.05, 0) is 30.0 Å². The summed E-state index contributed by atoms with van der Waals surface area (Å²) >= 11 is 1.53. The van der Waals surface area contributed by atoms with Crippen molar-refractivity contribution >= 4 is 17.3 Å². The van der Waals surface area contributed by atoms with Crippen LogP contribution in [0.5, 0.6) is 0 Å². The van der Waals surface area contributed by atoms with Gasteiger partial charge in [-0.1, -0.05) is 0 Å². The van der Waals surface area contributed by atoms with E-state index in [1.54, 1.807) is 0 Å². The first kappa shape index (κ1) is 8.72. The van der Waals surface area contributed by atoms with Crippen LogP contribution in [0.1, 0.15) is 22.9 Å². The normalized spacial score (nSPS) is 21.1. The molecule has 1 atom stereocenters. The number of thiophene rings is 1. The average molecular weight is 197 g/mol. The van der Waals surface area contributed by atoms with Crippen LogP contribution in [0.3, 0.4) is 0 Å². The van der Waals surface area contributed by atoms with E-state index in [1.807, 2.05) is 6.07 Å². The molecule has 0 aromatic carbocycles. The maximum atomic E-state index is 10.4. The van der Waals surface area contributed by atoms with Crippen LogP contribution in [-0.2, 0) is 11.2 Å². The summed E-state index contributed by atoms with van der Waals surface area (Å²) in [4.78, 5) is 11.4. The monoisotopic (exact) mass is 197 g/mol. The van der Waals surface area contributed by atoms with Gasteiger partial charge in [0.25, 0.3) is 0 Å². The van der Waals surface area contributed by atoms with Gasteiger partial charge in [0.2, 0.25) is 0 Å². The molecule has 1 aromatic heterocycles. The molecule has 4 heteroatoms. The molecule has 13 heavy (non-hydrogen) atoms. The molecule has 2 rings (SSSR count). The van der Waals surface area contributed by atoms with Crippen molar-refractivity contribution in [3.8, 4) is 0 Å². The summed E-state index contributed by atoms with van der Waals surface area (Å²) in [6, 6.07) is 2.47. The molecule has 2 N–H and O–H groups in total. The summed E-state index contributed by atoms with van der Waals surface area (Å²) < 4.78 is 0. The Bertz CT molecular complexity index is 317. The van der Waals surface area contributed by atoms with Gasteiger partial charge < -0.3 is 10.4 Å². The maximum Gasteiger partial charge on any atom is 0.308 e. The number of hydrogen-bond acceptors (Lipinski definition) is 3. The Morgan fingerprint density at radius 3 is 3.08 bits per heavy atom. The summed E-state index contributed by atoms with van der Waals surface area (Å²) in [6.07, 6.45) is 1.32. The Labute approximate surface area is 80.4 Å². The van der Waals surface area contributed by atoms with E-state index >= 15 is 0 Å². The SMILES string of the molecule is O=C(O)Cc1cc(C2CCN2)cs1. The zero-order valence-corrected chi connectivity index (χ0v) is 7.93. The van der Waals surface area contributed by atoms with Gasteiger partial charge in [-0.3, -0.25) is 4.79 Å². The first-order valence-corrected chi connectivity index (χ1v) is 5.16. The summed E-state index contributed by atoms with van der Waals surface area (Å²) in [7, 11) is 0. The van der Waals surface area contributed by atoms with Crippen LogP contribution >= 0.6 is 11.3 Å². The van der Waals surface area contributed by atoms with E-state index in [1.165, 1.54) is 23.3 Å². The van der Waals surface area contributed by atoms with Crippen LogP contribution in [0.4, 0.5) is 0 Å². The van der Waals surface area contributed by atoms with Gasteiger partial charge in [-0.25, -0.2) is 0 Å². The van der Waals surface area contributed by atoms with Gasteiger partial charge in [0.1, 0.15) is 0 Å². The van der Waals surface area contributed by atoms with Crippen LogP contribution in [-0.4, -0.2) is 17.6 Å². The molecule has 2 heterocycles. The van der Waals surface area contributed by atoms with Crippen LogP contribution in [0.25, 0.3) is 0 Å².